The Bertz CT molecular complexity index is 1410. The van der Waals surface area contributed by atoms with E-state index >= 15 is 0 Å². The number of sulfonamides is 1. The Balaban J connectivity index is 1.50. The number of likely N-dealkylation sites (tertiary alicyclic amines) is 1. The lowest BCUT2D eigenvalue weighted by Gasteiger charge is -2.35. The highest BCUT2D eigenvalue weighted by molar-refractivity contribution is 7.88. The highest BCUT2D eigenvalue weighted by atomic mass is 32.2. The van der Waals surface area contributed by atoms with E-state index in [1.54, 1.807) is 29.2 Å². The number of halogens is 2. The molecule has 1 amide bonds. The number of rotatable bonds is 12. The lowest BCUT2D eigenvalue weighted by molar-refractivity contribution is 0.0708. The molecule has 1 saturated heterocycles. The molecule has 0 bridgehead atoms. The first-order valence-electron chi connectivity index (χ1n) is 14.8. The van der Waals surface area contributed by atoms with Crippen LogP contribution in [0.1, 0.15) is 61.4 Å². The van der Waals surface area contributed by atoms with Gasteiger partial charge < -0.3 is 14.4 Å². The molecule has 2 aromatic rings. The molecule has 8 nitrogen and oxygen atoms in total. The zero-order valence-corrected chi connectivity index (χ0v) is 26.3. The molecule has 1 unspecified atom stereocenters. The third-order valence-corrected chi connectivity index (χ3v) is 9.13. The fourth-order valence-corrected chi connectivity index (χ4v) is 7.14. The molecule has 2 aromatic carbocycles. The van der Waals surface area contributed by atoms with Crippen LogP contribution in [0, 0.1) is 17.6 Å². The molecular formula is C32H43F2N3O5S. The van der Waals surface area contributed by atoms with Crippen LogP contribution < -0.4 is 14.2 Å². The minimum atomic E-state index is -3.21. The van der Waals surface area contributed by atoms with Crippen molar-refractivity contribution in [2.24, 2.45) is 5.92 Å². The first-order valence-corrected chi connectivity index (χ1v) is 16.7. The summed E-state index contributed by atoms with van der Waals surface area (Å²) >= 11 is 0. The lowest BCUT2D eigenvalue weighted by Crippen LogP contribution is -2.46. The average Bonchev–Trinajstić information content (AvgIpc) is 3.39. The second kappa shape index (κ2) is 14.6. The van der Waals surface area contributed by atoms with Gasteiger partial charge in [0.05, 0.1) is 20.5 Å². The van der Waals surface area contributed by atoms with Gasteiger partial charge in [0, 0.05) is 48.9 Å². The van der Waals surface area contributed by atoms with Gasteiger partial charge in [0.25, 0.3) is 5.91 Å². The summed E-state index contributed by atoms with van der Waals surface area (Å²) in [4.78, 5) is 18.2. The number of benzene rings is 2. The summed E-state index contributed by atoms with van der Waals surface area (Å²) < 4.78 is 64.7. The Hall–Kier alpha value is -3.02. The zero-order chi connectivity index (χ0) is 31.1. The molecule has 236 valence electrons. The van der Waals surface area contributed by atoms with E-state index in [1.807, 2.05) is 6.92 Å². The molecule has 1 atom stereocenters. The van der Waals surface area contributed by atoms with Gasteiger partial charge in [-0.2, -0.15) is 0 Å². The number of carbonyl (C=O) groups excluding carboxylic acids is 1. The smallest absolute Gasteiger partial charge is 0.254 e. The zero-order valence-electron chi connectivity index (χ0n) is 25.4. The maximum atomic E-state index is 14.4. The standard InChI is InChI=1S/C32H43F2N3O5S/c1-22(16-24-9-11-26(33)18-29(24)34)19-37(32(38)25-10-14-30(41-2)31(17-25)42-3)21-28-6-5-15-36(28)20-23-7-12-27(13-8-23)35-43(4,39)40/h9-11,14,16-18,23,27-28,35H,5-8,12-13,15,19-21H2,1-4H3/b22-16+. The molecule has 1 saturated carbocycles. The number of nitrogens with one attached hydrogen (secondary N) is 1. The van der Waals surface area contributed by atoms with Crippen molar-refractivity contribution in [2.75, 3.05) is 46.7 Å². The second-order valence-corrected chi connectivity index (χ2v) is 13.6. The minimum Gasteiger partial charge on any atom is -0.493 e. The largest absolute Gasteiger partial charge is 0.493 e. The van der Waals surface area contributed by atoms with Crippen molar-refractivity contribution in [1.29, 1.82) is 0 Å². The molecule has 1 heterocycles. The minimum absolute atomic E-state index is 0.00377. The predicted molar refractivity (Wildman–Crippen MR) is 164 cm³/mol. The van der Waals surface area contributed by atoms with Crippen molar-refractivity contribution in [1.82, 2.24) is 14.5 Å². The van der Waals surface area contributed by atoms with E-state index in [1.165, 1.54) is 32.6 Å². The molecule has 2 aliphatic rings. The summed E-state index contributed by atoms with van der Waals surface area (Å²) in [6.45, 7) is 4.46. The van der Waals surface area contributed by atoms with Crippen molar-refractivity contribution in [2.45, 2.75) is 57.5 Å². The van der Waals surface area contributed by atoms with E-state index in [2.05, 4.69) is 9.62 Å². The van der Waals surface area contributed by atoms with Crippen molar-refractivity contribution < 1.29 is 31.5 Å². The van der Waals surface area contributed by atoms with Gasteiger partial charge in [0.1, 0.15) is 11.6 Å². The summed E-state index contributed by atoms with van der Waals surface area (Å²) in [5.41, 5.74) is 1.49. The van der Waals surface area contributed by atoms with E-state index in [4.69, 9.17) is 9.47 Å². The van der Waals surface area contributed by atoms with Crippen molar-refractivity contribution in [3.05, 3.63) is 64.7 Å². The Kier molecular flexibility index (Phi) is 11.2. The Morgan fingerprint density at radius 1 is 1.05 bits per heavy atom. The highest BCUT2D eigenvalue weighted by Gasteiger charge is 2.32. The normalized spacial score (nSPS) is 21.5. The van der Waals surface area contributed by atoms with Gasteiger partial charge in [-0.25, -0.2) is 21.9 Å². The van der Waals surface area contributed by atoms with Crippen LogP contribution >= 0.6 is 0 Å². The molecule has 4 rings (SSSR count). The number of hydrogen-bond donors (Lipinski definition) is 1. The lowest BCUT2D eigenvalue weighted by atomic mass is 9.86. The molecule has 0 spiro atoms. The molecule has 1 aliphatic carbocycles. The topological polar surface area (TPSA) is 88.2 Å². The van der Waals surface area contributed by atoms with Gasteiger partial charge in [-0.3, -0.25) is 9.69 Å². The highest BCUT2D eigenvalue weighted by Crippen LogP contribution is 2.31. The summed E-state index contributed by atoms with van der Waals surface area (Å²) in [5, 5.41) is 0. The molecule has 2 fully saturated rings. The SMILES string of the molecule is COc1ccc(C(=O)N(C/C(C)=C/c2ccc(F)cc2F)CC2CCCN2CC2CCC(NS(C)(=O)=O)CC2)cc1OC. The molecule has 0 aromatic heterocycles. The fourth-order valence-electron chi connectivity index (χ4n) is 6.30. The predicted octanol–water partition coefficient (Wildman–Crippen LogP) is 5.10. The Morgan fingerprint density at radius 3 is 2.42 bits per heavy atom. The number of ether oxygens (including phenoxy) is 2. The molecule has 1 aliphatic heterocycles. The van der Waals surface area contributed by atoms with Gasteiger partial charge in [0.15, 0.2) is 11.5 Å². The van der Waals surface area contributed by atoms with Gasteiger partial charge in [-0.05, 0) is 88.2 Å². The van der Waals surface area contributed by atoms with Crippen molar-refractivity contribution in [3.63, 3.8) is 0 Å². The van der Waals surface area contributed by atoms with Gasteiger partial charge in [-0.1, -0.05) is 11.6 Å². The summed E-state index contributed by atoms with van der Waals surface area (Å²) in [5.74, 6) is -0.0161. The van der Waals surface area contributed by atoms with E-state index < -0.39 is 21.7 Å². The number of nitrogens with zero attached hydrogens (tertiary/aromatic N) is 2. The second-order valence-electron chi connectivity index (χ2n) is 11.8. The van der Waals surface area contributed by atoms with Gasteiger partial charge >= 0.3 is 0 Å². The Morgan fingerprint density at radius 2 is 1.77 bits per heavy atom. The monoisotopic (exact) mass is 619 g/mol. The van der Waals surface area contributed by atoms with Crippen LogP contribution in [0.15, 0.2) is 42.0 Å². The van der Waals surface area contributed by atoms with Crippen LogP contribution in [-0.2, 0) is 10.0 Å². The molecule has 11 heteroatoms. The quantitative estimate of drug-likeness (QED) is 0.356. The van der Waals surface area contributed by atoms with Crippen LogP contribution in [0.25, 0.3) is 6.08 Å². The summed E-state index contributed by atoms with van der Waals surface area (Å²) in [7, 11) is -0.152. The third-order valence-electron chi connectivity index (χ3n) is 8.37. The number of methoxy groups -OCH3 is 2. The Labute approximate surface area is 254 Å². The maximum Gasteiger partial charge on any atom is 0.254 e. The van der Waals surface area contributed by atoms with E-state index in [0.29, 0.717) is 29.5 Å². The van der Waals surface area contributed by atoms with E-state index in [0.717, 1.165) is 63.3 Å². The first kappa shape index (κ1) is 32.9. The average molecular weight is 620 g/mol. The van der Waals surface area contributed by atoms with E-state index in [-0.39, 0.29) is 30.1 Å². The molecule has 43 heavy (non-hydrogen) atoms. The summed E-state index contributed by atoms with van der Waals surface area (Å²) in [6, 6.07) is 8.71. The molecular weight excluding hydrogens is 576 g/mol. The van der Waals surface area contributed by atoms with Crippen LogP contribution in [0.2, 0.25) is 0 Å². The third kappa shape index (κ3) is 9.23. The van der Waals surface area contributed by atoms with Crippen molar-refractivity contribution in [3.8, 4) is 11.5 Å². The number of hydrogen-bond acceptors (Lipinski definition) is 6. The van der Waals surface area contributed by atoms with Gasteiger partial charge in [-0.15, -0.1) is 0 Å². The molecule has 1 N–H and O–H groups in total. The fraction of sp³-hybridized carbons (Fsp3) is 0.531. The van der Waals surface area contributed by atoms with Crippen LogP contribution in [0.4, 0.5) is 8.78 Å². The van der Waals surface area contributed by atoms with Crippen LogP contribution in [-0.4, -0.2) is 82.9 Å². The summed E-state index contributed by atoms with van der Waals surface area (Å²) in [6.07, 6.45) is 8.40. The molecule has 0 radical (unpaired) electrons. The van der Waals surface area contributed by atoms with Gasteiger partial charge in [0.2, 0.25) is 10.0 Å². The number of carbonyl (C=O) groups is 1. The van der Waals surface area contributed by atoms with E-state index in [9.17, 15) is 22.0 Å². The maximum absolute atomic E-state index is 14.4. The number of amides is 1. The van der Waals surface area contributed by atoms with Crippen LogP contribution in [0.3, 0.4) is 0 Å². The first-order chi connectivity index (χ1) is 20.5. The van der Waals surface area contributed by atoms with Crippen molar-refractivity contribution >= 4 is 22.0 Å². The van der Waals surface area contributed by atoms with Crippen LogP contribution in [0.5, 0.6) is 11.5 Å².